The Morgan fingerprint density at radius 1 is 1.00 bits per heavy atom. The normalized spacial score (nSPS) is 16.0. The van der Waals surface area contributed by atoms with Gasteiger partial charge in [0.1, 0.15) is 0 Å². The van der Waals surface area contributed by atoms with Crippen molar-refractivity contribution in [2.75, 3.05) is 0 Å². The van der Waals surface area contributed by atoms with Gasteiger partial charge in [0.25, 0.3) is 0 Å². The van der Waals surface area contributed by atoms with Crippen LogP contribution in [-0.4, -0.2) is 0 Å². The van der Waals surface area contributed by atoms with Crippen LogP contribution in [0.15, 0.2) is 12.2 Å². The van der Waals surface area contributed by atoms with Crippen LogP contribution in [0, 0.1) is 11.8 Å². The Balaban J connectivity index is 3.67. The number of allylic oxidation sites excluding steroid dienone is 2. The molecule has 2 unspecified atom stereocenters. The molecule has 0 aromatic rings. The first-order valence-electron chi connectivity index (χ1n) is 6.39. The molecular formula is C14H28. The van der Waals surface area contributed by atoms with Crippen LogP contribution in [0.1, 0.15) is 66.2 Å². The molecule has 0 aromatic heterocycles. The fraction of sp³-hybridized carbons (Fsp3) is 0.857. The van der Waals surface area contributed by atoms with Crippen molar-refractivity contribution in [3.63, 3.8) is 0 Å². The molecule has 0 nitrogen and oxygen atoms in total. The predicted octanol–water partition coefficient (Wildman–Crippen LogP) is 5.20. The molecule has 84 valence electrons. The average Bonchev–Trinajstić information content (AvgIpc) is 2.22. The minimum absolute atomic E-state index is 0.902. The van der Waals surface area contributed by atoms with E-state index in [-0.39, 0.29) is 0 Å². The monoisotopic (exact) mass is 196 g/mol. The molecule has 0 aromatic carbocycles. The van der Waals surface area contributed by atoms with Gasteiger partial charge in [-0.1, -0.05) is 59.1 Å². The maximum absolute atomic E-state index is 2.39. The molecule has 0 N–H and O–H groups in total. The molecule has 0 amide bonds. The third-order valence-electron chi connectivity index (χ3n) is 3.10. The summed E-state index contributed by atoms with van der Waals surface area (Å²) in [6, 6.07) is 0. The Kier molecular flexibility index (Phi) is 9.13. The Labute approximate surface area is 90.8 Å². The van der Waals surface area contributed by atoms with E-state index in [4.69, 9.17) is 0 Å². The van der Waals surface area contributed by atoms with Crippen LogP contribution in [0.3, 0.4) is 0 Å². The maximum Gasteiger partial charge on any atom is -0.0322 e. The summed E-state index contributed by atoms with van der Waals surface area (Å²) in [4.78, 5) is 0. The SMILES string of the molecule is CCCC=CCC(CC)CC(C)CC. The van der Waals surface area contributed by atoms with Crippen LogP contribution >= 0.6 is 0 Å². The first-order chi connectivity index (χ1) is 6.74. The summed E-state index contributed by atoms with van der Waals surface area (Å²) in [6.45, 7) is 9.23. The van der Waals surface area contributed by atoms with E-state index in [0.717, 1.165) is 11.8 Å². The van der Waals surface area contributed by atoms with Crippen molar-refractivity contribution in [3.05, 3.63) is 12.2 Å². The number of hydrogen-bond donors (Lipinski definition) is 0. The van der Waals surface area contributed by atoms with Crippen molar-refractivity contribution < 1.29 is 0 Å². The zero-order valence-corrected chi connectivity index (χ0v) is 10.6. The van der Waals surface area contributed by atoms with Gasteiger partial charge in [0.05, 0.1) is 0 Å². The lowest BCUT2D eigenvalue weighted by Crippen LogP contribution is -2.04. The van der Waals surface area contributed by atoms with Crippen LogP contribution in [-0.2, 0) is 0 Å². The highest BCUT2D eigenvalue weighted by Gasteiger charge is 2.08. The number of unbranched alkanes of at least 4 members (excludes halogenated alkanes) is 1. The van der Waals surface area contributed by atoms with Crippen molar-refractivity contribution in [2.24, 2.45) is 11.8 Å². The molecule has 0 aliphatic heterocycles. The molecule has 0 radical (unpaired) electrons. The second-order valence-corrected chi connectivity index (χ2v) is 4.52. The molecule has 0 aliphatic carbocycles. The molecule has 0 heterocycles. The third kappa shape index (κ3) is 7.17. The second kappa shape index (κ2) is 9.30. The van der Waals surface area contributed by atoms with E-state index in [1.165, 1.54) is 38.5 Å². The van der Waals surface area contributed by atoms with E-state index in [2.05, 4.69) is 39.8 Å². The molecule has 0 heteroatoms. The van der Waals surface area contributed by atoms with Gasteiger partial charge in [0.2, 0.25) is 0 Å². The van der Waals surface area contributed by atoms with Gasteiger partial charge in [-0.2, -0.15) is 0 Å². The van der Waals surface area contributed by atoms with Crippen LogP contribution in [0.5, 0.6) is 0 Å². The zero-order valence-electron chi connectivity index (χ0n) is 10.6. The predicted molar refractivity (Wildman–Crippen MR) is 66.5 cm³/mol. The van der Waals surface area contributed by atoms with E-state index < -0.39 is 0 Å². The van der Waals surface area contributed by atoms with Gasteiger partial charge >= 0.3 is 0 Å². The van der Waals surface area contributed by atoms with Gasteiger partial charge in [0.15, 0.2) is 0 Å². The lowest BCUT2D eigenvalue weighted by atomic mass is 9.89. The summed E-state index contributed by atoms with van der Waals surface area (Å²) in [5.74, 6) is 1.82. The Morgan fingerprint density at radius 3 is 2.21 bits per heavy atom. The van der Waals surface area contributed by atoms with Gasteiger partial charge in [-0.05, 0) is 31.1 Å². The molecule has 2 atom stereocenters. The van der Waals surface area contributed by atoms with Crippen molar-refractivity contribution in [1.82, 2.24) is 0 Å². The summed E-state index contributed by atoms with van der Waals surface area (Å²) in [6.07, 6.45) is 12.6. The van der Waals surface area contributed by atoms with Crippen molar-refractivity contribution in [2.45, 2.75) is 66.2 Å². The van der Waals surface area contributed by atoms with Gasteiger partial charge in [-0.25, -0.2) is 0 Å². The summed E-state index contributed by atoms with van der Waals surface area (Å²) in [7, 11) is 0. The Bertz CT molecular complexity index is 135. The van der Waals surface area contributed by atoms with E-state index >= 15 is 0 Å². The van der Waals surface area contributed by atoms with Crippen LogP contribution in [0.25, 0.3) is 0 Å². The van der Waals surface area contributed by atoms with E-state index in [1.54, 1.807) is 0 Å². The van der Waals surface area contributed by atoms with Crippen LogP contribution < -0.4 is 0 Å². The third-order valence-corrected chi connectivity index (χ3v) is 3.10. The fourth-order valence-electron chi connectivity index (χ4n) is 1.74. The fourth-order valence-corrected chi connectivity index (χ4v) is 1.74. The van der Waals surface area contributed by atoms with Crippen molar-refractivity contribution in [1.29, 1.82) is 0 Å². The highest BCUT2D eigenvalue weighted by Crippen LogP contribution is 2.21. The van der Waals surface area contributed by atoms with Gasteiger partial charge < -0.3 is 0 Å². The van der Waals surface area contributed by atoms with Gasteiger partial charge in [0, 0.05) is 0 Å². The van der Waals surface area contributed by atoms with Crippen molar-refractivity contribution in [3.8, 4) is 0 Å². The van der Waals surface area contributed by atoms with Crippen molar-refractivity contribution >= 4 is 0 Å². The second-order valence-electron chi connectivity index (χ2n) is 4.52. The molecule has 0 saturated carbocycles. The van der Waals surface area contributed by atoms with Crippen LogP contribution in [0.2, 0.25) is 0 Å². The Morgan fingerprint density at radius 2 is 1.71 bits per heavy atom. The molecule has 0 fully saturated rings. The molecule has 0 bridgehead atoms. The smallest absolute Gasteiger partial charge is 0.0322 e. The lowest BCUT2D eigenvalue weighted by Gasteiger charge is -2.16. The quantitative estimate of drug-likeness (QED) is 0.468. The Hall–Kier alpha value is -0.260. The minimum atomic E-state index is 0.902. The topological polar surface area (TPSA) is 0 Å². The summed E-state index contributed by atoms with van der Waals surface area (Å²) < 4.78 is 0. The van der Waals surface area contributed by atoms with Crippen LogP contribution in [0.4, 0.5) is 0 Å². The highest BCUT2D eigenvalue weighted by molar-refractivity contribution is 4.83. The molecule has 0 spiro atoms. The van der Waals surface area contributed by atoms with E-state index in [0.29, 0.717) is 0 Å². The average molecular weight is 196 g/mol. The minimum Gasteiger partial charge on any atom is -0.0885 e. The summed E-state index contributed by atoms with van der Waals surface area (Å²) in [5, 5.41) is 0. The number of rotatable bonds is 8. The lowest BCUT2D eigenvalue weighted by molar-refractivity contribution is 0.375. The highest BCUT2D eigenvalue weighted by atomic mass is 14.1. The zero-order chi connectivity index (χ0) is 10.8. The molecular weight excluding hydrogens is 168 g/mol. The summed E-state index contributed by atoms with van der Waals surface area (Å²) >= 11 is 0. The van der Waals surface area contributed by atoms with E-state index in [9.17, 15) is 0 Å². The molecule has 0 aliphatic rings. The molecule has 0 saturated heterocycles. The molecule has 14 heavy (non-hydrogen) atoms. The maximum atomic E-state index is 2.39. The standard InChI is InChI=1S/C14H28/c1-5-8-9-10-11-14(7-3)12-13(4)6-2/h9-10,13-14H,5-8,11-12H2,1-4H3. The van der Waals surface area contributed by atoms with Gasteiger partial charge in [-0.15, -0.1) is 0 Å². The van der Waals surface area contributed by atoms with E-state index in [1.807, 2.05) is 0 Å². The summed E-state index contributed by atoms with van der Waals surface area (Å²) in [5.41, 5.74) is 0. The largest absolute Gasteiger partial charge is 0.0885 e. The molecule has 0 rings (SSSR count). The first kappa shape index (κ1) is 13.7. The first-order valence-corrected chi connectivity index (χ1v) is 6.39. The van der Waals surface area contributed by atoms with Gasteiger partial charge in [-0.3, -0.25) is 0 Å². The number of hydrogen-bond acceptors (Lipinski definition) is 0.